The summed E-state index contributed by atoms with van der Waals surface area (Å²) in [5.41, 5.74) is 2.66. The summed E-state index contributed by atoms with van der Waals surface area (Å²) < 4.78 is 26.6. The van der Waals surface area contributed by atoms with Gasteiger partial charge >= 0.3 is 0 Å². The summed E-state index contributed by atoms with van der Waals surface area (Å²) in [7, 11) is 0. The molecule has 0 radical (unpaired) electrons. The van der Waals surface area contributed by atoms with Crippen LogP contribution >= 0.6 is 11.8 Å². The van der Waals surface area contributed by atoms with Crippen LogP contribution in [0.3, 0.4) is 0 Å². The quantitative estimate of drug-likeness (QED) is 0.812. The van der Waals surface area contributed by atoms with E-state index in [2.05, 4.69) is 5.32 Å². The fourth-order valence-corrected chi connectivity index (χ4v) is 2.97. The summed E-state index contributed by atoms with van der Waals surface area (Å²) in [5, 5.41) is 2.73. The van der Waals surface area contributed by atoms with E-state index in [0.717, 1.165) is 11.0 Å². The van der Waals surface area contributed by atoms with Crippen LogP contribution in [0.15, 0.2) is 41.3 Å². The van der Waals surface area contributed by atoms with E-state index in [1.54, 1.807) is 6.92 Å². The summed E-state index contributed by atoms with van der Waals surface area (Å²) in [5.74, 6) is -1.23. The predicted octanol–water partition coefficient (Wildman–Crippen LogP) is 4.55. The van der Waals surface area contributed by atoms with Gasteiger partial charge in [0.05, 0.1) is 11.8 Å². The Morgan fingerprint density at radius 1 is 1.13 bits per heavy atom. The number of carbonyl (C=O) groups excluding carboxylic acids is 1. The Labute approximate surface area is 139 Å². The van der Waals surface area contributed by atoms with Crippen molar-refractivity contribution >= 4 is 17.7 Å². The number of hydrogen-bond donors (Lipinski definition) is 1. The van der Waals surface area contributed by atoms with Crippen LogP contribution in [-0.2, 0) is 4.79 Å². The van der Waals surface area contributed by atoms with Crippen molar-refractivity contribution in [1.29, 1.82) is 0 Å². The zero-order valence-electron chi connectivity index (χ0n) is 13.3. The Balaban J connectivity index is 1.92. The van der Waals surface area contributed by atoms with Crippen LogP contribution in [0.5, 0.6) is 0 Å². The molecule has 1 atom stereocenters. The maximum Gasteiger partial charge on any atom is 0.230 e. The second-order valence-electron chi connectivity index (χ2n) is 5.49. The lowest BCUT2D eigenvalue weighted by atomic mass is 10.1. The van der Waals surface area contributed by atoms with Gasteiger partial charge in [-0.3, -0.25) is 4.79 Å². The lowest BCUT2D eigenvalue weighted by Gasteiger charge is -2.15. The highest BCUT2D eigenvalue weighted by molar-refractivity contribution is 8.00. The summed E-state index contributed by atoms with van der Waals surface area (Å²) in [4.78, 5) is 13.0. The van der Waals surface area contributed by atoms with Crippen LogP contribution in [0.25, 0.3) is 0 Å². The molecule has 0 aliphatic heterocycles. The van der Waals surface area contributed by atoms with Gasteiger partial charge in [0, 0.05) is 16.5 Å². The molecule has 0 heterocycles. The molecular weight excluding hydrogens is 316 g/mol. The third kappa shape index (κ3) is 4.79. The first-order valence-electron chi connectivity index (χ1n) is 7.31. The average Bonchev–Trinajstić information content (AvgIpc) is 2.48. The van der Waals surface area contributed by atoms with Crippen LogP contribution in [0, 0.1) is 25.5 Å². The molecule has 5 heteroatoms. The van der Waals surface area contributed by atoms with Gasteiger partial charge < -0.3 is 5.32 Å². The van der Waals surface area contributed by atoms with Crippen molar-refractivity contribution in [3.8, 4) is 0 Å². The molecule has 0 bridgehead atoms. The van der Waals surface area contributed by atoms with Crippen molar-refractivity contribution in [2.75, 3.05) is 5.75 Å². The second kappa shape index (κ2) is 7.59. The Bertz CT molecular complexity index is 718. The van der Waals surface area contributed by atoms with Gasteiger partial charge in [-0.05, 0) is 50.1 Å². The number of aryl methyl sites for hydroxylation is 2. The number of benzene rings is 2. The zero-order chi connectivity index (χ0) is 17.0. The van der Waals surface area contributed by atoms with Crippen molar-refractivity contribution in [2.45, 2.75) is 31.7 Å². The average molecular weight is 335 g/mol. The van der Waals surface area contributed by atoms with Crippen molar-refractivity contribution in [3.05, 3.63) is 64.7 Å². The number of nitrogens with one attached hydrogen (secondary N) is 1. The zero-order valence-corrected chi connectivity index (χ0v) is 14.1. The molecule has 2 aromatic rings. The van der Waals surface area contributed by atoms with Crippen LogP contribution in [0.2, 0.25) is 0 Å². The molecule has 0 unspecified atom stereocenters. The molecule has 0 saturated carbocycles. The molecule has 2 nitrogen and oxygen atoms in total. The molecule has 2 rings (SSSR count). The molecule has 23 heavy (non-hydrogen) atoms. The number of rotatable bonds is 5. The van der Waals surface area contributed by atoms with Gasteiger partial charge in [-0.15, -0.1) is 11.8 Å². The molecule has 1 N–H and O–H groups in total. The molecule has 0 aliphatic rings. The van der Waals surface area contributed by atoms with Crippen molar-refractivity contribution in [3.63, 3.8) is 0 Å². The standard InChI is InChI=1S/C18H19F2NOS/c1-11-4-6-15(8-12(11)2)23-10-18(22)21-13(3)16-7-5-14(19)9-17(16)20/h4-9,13H,10H2,1-3H3,(H,21,22)/t13-/m0/s1. The van der Waals surface area contributed by atoms with E-state index in [4.69, 9.17) is 0 Å². The Morgan fingerprint density at radius 2 is 1.87 bits per heavy atom. The summed E-state index contributed by atoms with van der Waals surface area (Å²) >= 11 is 1.43. The normalized spacial score (nSPS) is 12.0. The van der Waals surface area contributed by atoms with E-state index in [0.29, 0.717) is 0 Å². The number of thioether (sulfide) groups is 1. The van der Waals surface area contributed by atoms with E-state index >= 15 is 0 Å². The molecule has 0 aliphatic carbocycles. The maximum absolute atomic E-state index is 13.7. The van der Waals surface area contributed by atoms with Crippen molar-refractivity contribution in [2.24, 2.45) is 0 Å². The minimum absolute atomic E-state index is 0.190. The van der Waals surface area contributed by atoms with Gasteiger partial charge in [0.25, 0.3) is 0 Å². The highest BCUT2D eigenvalue weighted by Crippen LogP contribution is 2.22. The first-order chi connectivity index (χ1) is 10.9. The number of hydrogen-bond acceptors (Lipinski definition) is 2. The van der Waals surface area contributed by atoms with E-state index in [-0.39, 0.29) is 17.2 Å². The lowest BCUT2D eigenvalue weighted by Crippen LogP contribution is -2.28. The maximum atomic E-state index is 13.7. The van der Waals surface area contributed by atoms with E-state index in [9.17, 15) is 13.6 Å². The van der Waals surface area contributed by atoms with Gasteiger partial charge in [-0.25, -0.2) is 8.78 Å². The Morgan fingerprint density at radius 3 is 2.52 bits per heavy atom. The van der Waals surface area contributed by atoms with Crippen LogP contribution in [-0.4, -0.2) is 11.7 Å². The van der Waals surface area contributed by atoms with E-state index < -0.39 is 17.7 Å². The molecular formula is C18H19F2NOS. The Hall–Kier alpha value is -1.88. The van der Waals surface area contributed by atoms with Crippen LogP contribution in [0.4, 0.5) is 8.78 Å². The van der Waals surface area contributed by atoms with Gasteiger partial charge in [0.15, 0.2) is 0 Å². The van der Waals surface area contributed by atoms with E-state index in [1.807, 2.05) is 32.0 Å². The molecule has 0 saturated heterocycles. The number of carbonyl (C=O) groups is 1. The van der Waals surface area contributed by atoms with Crippen LogP contribution in [0.1, 0.15) is 29.7 Å². The minimum atomic E-state index is -0.653. The monoisotopic (exact) mass is 335 g/mol. The largest absolute Gasteiger partial charge is 0.349 e. The first kappa shape index (κ1) is 17.5. The summed E-state index contributed by atoms with van der Waals surface area (Å²) in [6.07, 6.45) is 0. The van der Waals surface area contributed by atoms with Gasteiger partial charge in [0.1, 0.15) is 11.6 Å². The predicted molar refractivity (Wildman–Crippen MR) is 89.6 cm³/mol. The SMILES string of the molecule is Cc1ccc(SCC(=O)N[C@@H](C)c2ccc(F)cc2F)cc1C. The molecule has 0 fully saturated rings. The second-order valence-corrected chi connectivity index (χ2v) is 6.54. The molecule has 2 aromatic carbocycles. The van der Waals surface area contributed by atoms with Gasteiger partial charge in [-0.1, -0.05) is 12.1 Å². The molecule has 122 valence electrons. The van der Waals surface area contributed by atoms with Gasteiger partial charge in [0.2, 0.25) is 5.91 Å². The Kier molecular flexibility index (Phi) is 5.77. The first-order valence-corrected chi connectivity index (χ1v) is 8.29. The number of amides is 1. The lowest BCUT2D eigenvalue weighted by molar-refractivity contribution is -0.119. The highest BCUT2D eigenvalue weighted by Gasteiger charge is 2.14. The van der Waals surface area contributed by atoms with Crippen molar-refractivity contribution < 1.29 is 13.6 Å². The highest BCUT2D eigenvalue weighted by atomic mass is 32.2. The smallest absolute Gasteiger partial charge is 0.230 e. The fourth-order valence-electron chi connectivity index (χ4n) is 2.17. The molecule has 0 spiro atoms. The number of halogens is 2. The minimum Gasteiger partial charge on any atom is -0.349 e. The van der Waals surface area contributed by atoms with E-state index in [1.165, 1.54) is 35.0 Å². The van der Waals surface area contributed by atoms with Crippen molar-refractivity contribution in [1.82, 2.24) is 5.32 Å². The summed E-state index contributed by atoms with van der Waals surface area (Å²) in [6, 6.07) is 8.88. The molecule has 0 aromatic heterocycles. The topological polar surface area (TPSA) is 29.1 Å². The molecule has 1 amide bonds. The third-order valence-corrected chi connectivity index (χ3v) is 4.65. The van der Waals surface area contributed by atoms with Crippen LogP contribution < -0.4 is 5.32 Å². The third-order valence-electron chi connectivity index (χ3n) is 3.65. The fraction of sp³-hybridized carbons (Fsp3) is 0.278. The summed E-state index contributed by atoms with van der Waals surface area (Å²) in [6.45, 7) is 5.74. The van der Waals surface area contributed by atoms with Gasteiger partial charge in [-0.2, -0.15) is 0 Å².